The van der Waals surface area contributed by atoms with Crippen LogP contribution in [0, 0.1) is 5.92 Å². The van der Waals surface area contributed by atoms with Crippen molar-refractivity contribution in [2.24, 2.45) is 5.92 Å². The van der Waals surface area contributed by atoms with Gasteiger partial charge >= 0.3 is 0 Å². The smallest absolute Gasteiger partial charge is 0.255 e. The molecule has 2 aromatic rings. The highest BCUT2D eigenvalue weighted by atomic mass is 79.9. The van der Waals surface area contributed by atoms with Crippen LogP contribution < -0.4 is 15.0 Å². The van der Waals surface area contributed by atoms with Crippen LogP contribution in [0.3, 0.4) is 0 Å². The Morgan fingerprint density at radius 3 is 2.77 bits per heavy atom. The number of hydrogen-bond acceptors (Lipinski definition) is 3. The van der Waals surface area contributed by atoms with Gasteiger partial charge in [-0.1, -0.05) is 34.1 Å². The Hall–Kier alpha value is -2.01. The van der Waals surface area contributed by atoms with E-state index in [-0.39, 0.29) is 12.0 Å². The third kappa shape index (κ3) is 4.79. The van der Waals surface area contributed by atoms with Crippen LogP contribution in [0.4, 0.5) is 5.69 Å². The van der Waals surface area contributed by atoms with Crippen molar-refractivity contribution < 1.29 is 9.53 Å². The quantitative estimate of drug-likeness (QED) is 0.753. The summed E-state index contributed by atoms with van der Waals surface area (Å²) in [4.78, 5) is 15.0. The average molecular weight is 417 g/mol. The third-order valence-corrected chi connectivity index (χ3v) is 5.00. The minimum atomic E-state index is -0.0775. The Bertz CT molecular complexity index is 749. The number of ether oxygens (including phenoxy) is 1. The molecule has 0 radical (unpaired) electrons. The fourth-order valence-corrected chi connectivity index (χ4v) is 3.58. The normalized spacial score (nSPS) is 16.8. The standard InChI is InChI=1S/C21H25BrN2O2/c1-15(2)26-20-12-17(22)8-9-19(20)21(25)23-13-16-10-11-24(14-16)18-6-4-3-5-7-18/h3-9,12,15-16H,10-11,13-14H2,1-2H3,(H,23,25). The summed E-state index contributed by atoms with van der Waals surface area (Å²) < 4.78 is 6.70. The molecule has 26 heavy (non-hydrogen) atoms. The van der Waals surface area contributed by atoms with Gasteiger partial charge in [-0.3, -0.25) is 4.79 Å². The Labute approximate surface area is 163 Å². The Balaban J connectivity index is 1.58. The van der Waals surface area contributed by atoms with Crippen molar-refractivity contribution in [3.63, 3.8) is 0 Å². The van der Waals surface area contributed by atoms with E-state index in [1.165, 1.54) is 5.69 Å². The van der Waals surface area contributed by atoms with Crippen LogP contribution >= 0.6 is 15.9 Å². The number of halogens is 1. The first-order valence-corrected chi connectivity index (χ1v) is 9.86. The molecule has 2 aromatic carbocycles. The van der Waals surface area contributed by atoms with Gasteiger partial charge < -0.3 is 15.0 Å². The predicted molar refractivity (Wildman–Crippen MR) is 109 cm³/mol. The lowest BCUT2D eigenvalue weighted by atomic mass is 10.1. The number of hydrogen-bond donors (Lipinski definition) is 1. The number of para-hydroxylation sites is 1. The molecule has 138 valence electrons. The van der Waals surface area contributed by atoms with Crippen molar-refractivity contribution in [3.8, 4) is 5.75 Å². The first kappa shape index (κ1) is 18.8. The lowest BCUT2D eigenvalue weighted by molar-refractivity contribution is 0.0942. The molecule has 1 fully saturated rings. The molecule has 0 aliphatic carbocycles. The average Bonchev–Trinajstić information content (AvgIpc) is 3.09. The van der Waals surface area contributed by atoms with Gasteiger partial charge in [0.2, 0.25) is 0 Å². The zero-order valence-corrected chi connectivity index (χ0v) is 16.8. The van der Waals surface area contributed by atoms with E-state index in [9.17, 15) is 4.79 Å². The summed E-state index contributed by atoms with van der Waals surface area (Å²) >= 11 is 3.44. The highest BCUT2D eigenvalue weighted by Gasteiger charge is 2.23. The summed E-state index contributed by atoms with van der Waals surface area (Å²) in [5.41, 5.74) is 1.83. The van der Waals surface area contributed by atoms with Crippen molar-refractivity contribution in [1.29, 1.82) is 0 Å². The van der Waals surface area contributed by atoms with Crippen LogP contribution in [0.5, 0.6) is 5.75 Å². The number of carbonyl (C=O) groups excluding carboxylic acids is 1. The molecule has 5 heteroatoms. The molecule has 1 N–H and O–H groups in total. The maximum absolute atomic E-state index is 12.6. The number of amides is 1. The summed E-state index contributed by atoms with van der Waals surface area (Å²) in [6.07, 6.45) is 1.11. The number of rotatable bonds is 6. The SMILES string of the molecule is CC(C)Oc1cc(Br)ccc1C(=O)NCC1CCN(c2ccccc2)C1. The van der Waals surface area contributed by atoms with Gasteiger partial charge in [-0.2, -0.15) is 0 Å². The van der Waals surface area contributed by atoms with E-state index in [0.29, 0.717) is 23.8 Å². The number of carbonyl (C=O) groups is 1. The second kappa shape index (κ2) is 8.58. The van der Waals surface area contributed by atoms with E-state index in [4.69, 9.17) is 4.74 Å². The van der Waals surface area contributed by atoms with E-state index in [1.807, 2.05) is 38.1 Å². The van der Waals surface area contributed by atoms with Gasteiger partial charge in [0.05, 0.1) is 11.7 Å². The zero-order valence-electron chi connectivity index (χ0n) is 15.2. The molecule has 0 aromatic heterocycles. The molecule has 1 heterocycles. The first-order valence-electron chi connectivity index (χ1n) is 9.07. The monoisotopic (exact) mass is 416 g/mol. The van der Waals surface area contributed by atoms with E-state index in [0.717, 1.165) is 24.0 Å². The highest BCUT2D eigenvalue weighted by molar-refractivity contribution is 9.10. The number of nitrogens with one attached hydrogen (secondary N) is 1. The second-order valence-corrected chi connectivity index (χ2v) is 7.87. The fourth-order valence-electron chi connectivity index (χ4n) is 3.24. The number of anilines is 1. The van der Waals surface area contributed by atoms with Crippen molar-refractivity contribution >= 4 is 27.5 Å². The predicted octanol–water partition coefficient (Wildman–Crippen LogP) is 4.49. The van der Waals surface area contributed by atoms with Crippen molar-refractivity contribution in [3.05, 3.63) is 58.6 Å². The maximum atomic E-state index is 12.6. The molecule has 3 rings (SSSR count). The molecule has 1 aliphatic rings. The van der Waals surface area contributed by atoms with Crippen LogP contribution in [0.15, 0.2) is 53.0 Å². The van der Waals surface area contributed by atoms with Gasteiger partial charge in [0.15, 0.2) is 0 Å². The molecule has 0 saturated carbocycles. The van der Waals surface area contributed by atoms with Gasteiger partial charge in [-0.25, -0.2) is 0 Å². The highest BCUT2D eigenvalue weighted by Crippen LogP contribution is 2.26. The fraction of sp³-hybridized carbons (Fsp3) is 0.381. The van der Waals surface area contributed by atoms with Crippen LogP contribution in [0.25, 0.3) is 0 Å². The summed E-state index contributed by atoms with van der Waals surface area (Å²) in [7, 11) is 0. The topological polar surface area (TPSA) is 41.6 Å². The van der Waals surface area contributed by atoms with E-state index < -0.39 is 0 Å². The van der Waals surface area contributed by atoms with Crippen LogP contribution in [-0.4, -0.2) is 31.6 Å². The first-order chi connectivity index (χ1) is 12.5. The Morgan fingerprint density at radius 2 is 2.04 bits per heavy atom. The minimum Gasteiger partial charge on any atom is -0.490 e. The molecule has 1 aliphatic heterocycles. The molecule has 1 amide bonds. The largest absolute Gasteiger partial charge is 0.490 e. The maximum Gasteiger partial charge on any atom is 0.255 e. The summed E-state index contributed by atoms with van der Waals surface area (Å²) in [5, 5.41) is 3.09. The van der Waals surface area contributed by atoms with Gasteiger partial charge in [0.1, 0.15) is 5.75 Å². The molecule has 0 bridgehead atoms. The molecule has 1 saturated heterocycles. The van der Waals surface area contributed by atoms with Gasteiger partial charge in [-0.05, 0) is 56.5 Å². The van der Waals surface area contributed by atoms with Crippen LogP contribution in [0.2, 0.25) is 0 Å². The van der Waals surface area contributed by atoms with Crippen molar-refractivity contribution in [1.82, 2.24) is 5.32 Å². The Morgan fingerprint density at radius 1 is 1.27 bits per heavy atom. The Kier molecular flexibility index (Phi) is 6.20. The van der Waals surface area contributed by atoms with Gasteiger partial charge in [0.25, 0.3) is 5.91 Å². The van der Waals surface area contributed by atoms with Crippen molar-refractivity contribution in [2.75, 3.05) is 24.5 Å². The van der Waals surface area contributed by atoms with Crippen LogP contribution in [0.1, 0.15) is 30.6 Å². The van der Waals surface area contributed by atoms with Crippen LogP contribution in [-0.2, 0) is 0 Å². The molecule has 1 unspecified atom stereocenters. The van der Waals surface area contributed by atoms with Gasteiger partial charge in [-0.15, -0.1) is 0 Å². The number of benzene rings is 2. The molecule has 1 atom stereocenters. The summed E-state index contributed by atoms with van der Waals surface area (Å²) in [6.45, 7) is 6.60. The van der Waals surface area contributed by atoms with Gasteiger partial charge in [0, 0.05) is 29.8 Å². The molecule has 4 nitrogen and oxygen atoms in total. The van der Waals surface area contributed by atoms with E-state index in [1.54, 1.807) is 0 Å². The van der Waals surface area contributed by atoms with Crippen molar-refractivity contribution in [2.45, 2.75) is 26.4 Å². The summed E-state index contributed by atoms with van der Waals surface area (Å²) in [6, 6.07) is 16.0. The molecular weight excluding hydrogens is 392 g/mol. The zero-order chi connectivity index (χ0) is 18.5. The third-order valence-electron chi connectivity index (χ3n) is 4.51. The molecule has 0 spiro atoms. The number of nitrogens with zero attached hydrogens (tertiary/aromatic N) is 1. The molecular formula is C21H25BrN2O2. The summed E-state index contributed by atoms with van der Waals surface area (Å²) in [5.74, 6) is 1.000. The minimum absolute atomic E-state index is 0.0186. The second-order valence-electron chi connectivity index (χ2n) is 6.95. The van der Waals surface area contributed by atoms with E-state index in [2.05, 4.69) is 50.4 Å². The van der Waals surface area contributed by atoms with E-state index >= 15 is 0 Å². The lowest BCUT2D eigenvalue weighted by Gasteiger charge is -2.19. The lowest BCUT2D eigenvalue weighted by Crippen LogP contribution is -2.31.